The number of hydrogen-bond donors (Lipinski definition) is 0. The van der Waals surface area contributed by atoms with Crippen LogP contribution < -0.4 is 0 Å². The molecule has 0 radical (unpaired) electrons. The first kappa shape index (κ1) is 13.4. The van der Waals surface area contributed by atoms with Crippen molar-refractivity contribution in [3.63, 3.8) is 0 Å². The van der Waals surface area contributed by atoms with E-state index in [0.717, 1.165) is 13.1 Å². The van der Waals surface area contributed by atoms with Crippen molar-refractivity contribution in [3.05, 3.63) is 0 Å². The average molecular weight is 201 g/mol. The Morgan fingerprint density at radius 1 is 1.43 bits per heavy atom. The number of ether oxygens (including phenoxy) is 1. The van der Waals surface area contributed by atoms with E-state index in [0.29, 0.717) is 12.5 Å². The second-order valence-corrected chi connectivity index (χ2v) is 3.61. The Morgan fingerprint density at radius 3 is 2.50 bits per heavy atom. The van der Waals surface area contributed by atoms with Crippen LogP contribution in [0.15, 0.2) is 0 Å². The average Bonchev–Trinajstić information content (AvgIpc) is 2.18. The van der Waals surface area contributed by atoms with E-state index in [1.54, 1.807) is 0 Å². The third-order valence-corrected chi connectivity index (χ3v) is 2.52. The van der Waals surface area contributed by atoms with E-state index in [1.807, 2.05) is 0 Å². The maximum absolute atomic E-state index is 11.1. The van der Waals surface area contributed by atoms with Crippen LogP contribution >= 0.6 is 0 Å². The number of unbranched alkanes of at least 4 members (excludes halogenated alkanes) is 1. The van der Waals surface area contributed by atoms with Gasteiger partial charge in [-0.15, -0.1) is 0 Å². The highest BCUT2D eigenvalue weighted by atomic mass is 16.5. The monoisotopic (exact) mass is 201 g/mol. The Balaban J connectivity index is 3.90. The van der Waals surface area contributed by atoms with Crippen LogP contribution in [0.1, 0.15) is 40.0 Å². The van der Waals surface area contributed by atoms with Gasteiger partial charge in [-0.25, -0.2) is 0 Å². The Kier molecular flexibility index (Phi) is 7.48. The van der Waals surface area contributed by atoms with E-state index >= 15 is 0 Å². The molecule has 14 heavy (non-hydrogen) atoms. The van der Waals surface area contributed by atoms with Crippen molar-refractivity contribution < 1.29 is 9.53 Å². The summed E-state index contributed by atoms with van der Waals surface area (Å²) in [4.78, 5) is 13.4. The van der Waals surface area contributed by atoms with Gasteiger partial charge in [0.15, 0.2) is 0 Å². The van der Waals surface area contributed by atoms with Crippen molar-refractivity contribution in [2.24, 2.45) is 0 Å². The smallest absolute Gasteiger partial charge is 0.307 e. The molecule has 0 aromatic heterocycles. The molecular weight excluding hydrogens is 178 g/mol. The second kappa shape index (κ2) is 7.80. The molecule has 3 heteroatoms. The molecule has 0 rings (SSSR count). The van der Waals surface area contributed by atoms with Crippen LogP contribution in [0.3, 0.4) is 0 Å². The highest BCUT2D eigenvalue weighted by molar-refractivity contribution is 5.69. The molecule has 0 spiro atoms. The van der Waals surface area contributed by atoms with E-state index in [2.05, 4.69) is 30.4 Å². The van der Waals surface area contributed by atoms with E-state index in [4.69, 9.17) is 0 Å². The van der Waals surface area contributed by atoms with Crippen molar-refractivity contribution in [3.8, 4) is 0 Å². The summed E-state index contributed by atoms with van der Waals surface area (Å²) in [5.74, 6) is -0.118. The molecule has 0 bridgehead atoms. The summed E-state index contributed by atoms with van der Waals surface area (Å²) in [7, 11) is 1.44. The number of hydrogen-bond acceptors (Lipinski definition) is 3. The number of rotatable bonds is 7. The highest BCUT2D eigenvalue weighted by Gasteiger charge is 2.15. The summed E-state index contributed by atoms with van der Waals surface area (Å²) in [6, 6.07) is 0.291. The first-order valence-corrected chi connectivity index (χ1v) is 5.46. The molecular formula is C11H23NO2. The molecule has 0 aromatic rings. The largest absolute Gasteiger partial charge is 0.469 e. The molecule has 0 N–H and O–H groups in total. The zero-order valence-corrected chi connectivity index (χ0v) is 9.88. The zero-order chi connectivity index (χ0) is 11.0. The fourth-order valence-corrected chi connectivity index (χ4v) is 1.51. The Hall–Kier alpha value is -0.570. The maximum Gasteiger partial charge on any atom is 0.307 e. The molecule has 84 valence electrons. The number of carbonyl (C=O) groups is 1. The third-order valence-electron chi connectivity index (χ3n) is 2.52. The van der Waals surface area contributed by atoms with Gasteiger partial charge in [0, 0.05) is 6.04 Å². The summed E-state index contributed by atoms with van der Waals surface area (Å²) in [5.41, 5.74) is 0. The quantitative estimate of drug-likeness (QED) is 0.590. The zero-order valence-electron chi connectivity index (χ0n) is 9.88. The fraction of sp³-hybridized carbons (Fsp3) is 0.909. The summed E-state index contributed by atoms with van der Waals surface area (Å²) < 4.78 is 4.65. The van der Waals surface area contributed by atoms with Gasteiger partial charge in [-0.3, -0.25) is 4.79 Å². The molecule has 0 aromatic carbocycles. The van der Waals surface area contributed by atoms with Gasteiger partial charge < -0.3 is 9.64 Å². The Morgan fingerprint density at radius 2 is 2.07 bits per heavy atom. The molecule has 3 nitrogen and oxygen atoms in total. The van der Waals surface area contributed by atoms with Gasteiger partial charge in [-0.05, 0) is 26.4 Å². The Labute approximate surface area is 87.4 Å². The minimum Gasteiger partial charge on any atom is -0.469 e. The van der Waals surface area contributed by atoms with E-state index in [9.17, 15) is 4.79 Å². The van der Waals surface area contributed by atoms with Crippen LogP contribution in [-0.4, -0.2) is 37.1 Å². The molecule has 1 unspecified atom stereocenters. The summed E-state index contributed by atoms with van der Waals surface area (Å²) in [5, 5.41) is 0. The van der Waals surface area contributed by atoms with Gasteiger partial charge in [0.1, 0.15) is 0 Å². The lowest BCUT2D eigenvalue weighted by molar-refractivity contribution is -0.141. The lowest BCUT2D eigenvalue weighted by atomic mass is 10.2. The van der Waals surface area contributed by atoms with Crippen LogP contribution in [0.25, 0.3) is 0 Å². The molecule has 0 fully saturated rings. The van der Waals surface area contributed by atoms with Crippen LogP contribution in [-0.2, 0) is 9.53 Å². The topological polar surface area (TPSA) is 29.5 Å². The van der Waals surface area contributed by atoms with Crippen LogP contribution in [0.2, 0.25) is 0 Å². The summed E-state index contributed by atoms with van der Waals surface area (Å²) in [6.07, 6.45) is 2.88. The van der Waals surface area contributed by atoms with Gasteiger partial charge in [0.05, 0.1) is 13.5 Å². The van der Waals surface area contributed by atoms with E-state index < -0.39 is 0 Å². The molecule has 0 heterocycles. The van der Waals surface area contributed by atoms with Crippen LogP contribution in [0.5, 0.6) is 0 Å². The second-order valence-electron chi connectivity index (χ2n) is 3.61. The van der Waals surface area contributed by atoms with Crippen molar-refractivity contribution in [1.29, 1.82) is 0 Å². The SMILES string of the molecule is CCCCN(CC)C(C)CC(=O)OC. The van der Waals surface area contributed by atoms with Gasteiger partial charge in [0.25, 0.3) is 0 Å². The van der Waals surface area contributed by atoms with Crippen molar-refractivity contribution in [2.75, 3.05) is 20.2 Å². The highest BCUT2D eigenvalue weighted by Crippen LogP contribution is 2.06. The van der Waals surface area contributed by atoms with Gasteiger partial charge >= 0.3 is 5.97 Å². The Bertz CT molecular complexity index is 159. The van der Waals surface area contributed by atoms with Crippen LogP contribution in [0, 0.1) is 0 Å². The summed E-state index contributed by atoms with van der Waals surface area (Å²) in [6.45, 7) is 8.46. The standard InChI is InChI=1S/C11H23NO2/c1-5-7-8-12(6-2)10(3)9-11(13)14-4/h10H,5-9H2,1-4H3. The van der Waals surface area contributed by atoms with Crippen molar-refractivity contribution >= 4 is 5.97 Å². The lowest BCUT2D eigenvalue weighted by Crippen LogP contribution is -2.35. The molecule has 0 aliphatic heterocycles. The lowest BCUT2D eigenvalue weighted by Gasteiger charge is -2.26. The predicted molar refractivity (Wildman–Crippen MR) is 58.3 cm³/mol. The van der Waals surface area contributed by atoms with Gasteiger partial charge in [-0.1, -0.05) is 20.3 Å². The number of carbonyl (C=O) groups excluding carboxylic acids is 1. The van der Waals surface area contributed by atoms with E-state index in [-0.39, 0.29) is 5.97 Å². The molecule has 0 amide bonds. The first-order valence-electron chi connectivity index (χ1n) is 5.46. The number of esters is 1. The summed E-state index contributed by atoms with van der Waals surface area (Å²) >= 11 is 0. The van der Waals surface area contributed by atoms with Crippen LogP contribution in [0.4, 0.5) is 0 Å². The molecule has 1 atom stereocenters. The van der Waals surface area contributed by atoms with Crippen molar-refractivity contribution in [1.82, 2.24) is 4.90 Å². The van der Waals surface area contributed by atoms with Gasteiger partial charge in [-0.2, -0.15) is 0 Å². The first-order chi connectivity index (χ1) is 6.65. The minimum atomic E-state index is -0.118. The number of nitrogens with zero attached hydrogens (tertiary/aromatic N) is 1. The molecule has 0 saturated carbocycles. The predicted octanol–water partition coefficient (Wildman–Crippen LogP) is 2.06. The van der Waals surface area contributed by atoms with Crippen molar-refractivity contribution in [2.45, 2.75) is 46.1 Å². The molecule has 0 aliphatic rings. The van der Waals surface area contributed by atoms with E-state index in [1.165, 1.54) is 20.0 Å². The third kappa shape index (κ3) is 5.22. The molecule has 0 saturated heterocycles. The maximum atomic E-state index is 11.1. The molecule has 0 aliphatic carbocycles. The minimum absolute atomic E-state index is 0.118. The number of methoxy groups -OCH3 is 1. The normalized spacial score (nSPS) is 12.9. The van der Waals surface area contributed by atoms with Gasteiger partial charge in [0.2, 0.25) is 0 Å². The fourth-order valence-electron chi connectivity index (χ4n) is 1.51.